The quantitative estimate of drug-likeness (QED) is 0.233. The molecule has 4 aromatic carbocycles. The van der Waals surface area contributed by atoms with Gasteiger partial charge in [0, 0.05) is 10.9 Å². The van der Waals surface area contributed by atoms with E-state index in [2.05, 4.69) is 97.0 Å². The van der Waals surface area contributed by atoms with Crippen LogP contribution in [0, 0.1) is 27.7 Å². The maximum Gasteiger partial charge on any atom is 0.633 e. The summed E-state index contributed by atoms with van der Waals surface area (Å²) in [4.78, 5) is 0. The van der Waals surface area contributed by atoms with Gasteiger partial charge in [0.1, 0.15) is 23.0 Å². The third-order valence-electron chi connectivity index (χ3n) is 8.54. The van der Waals surface area contributed by atoms with Crippen molar-refractivity contribution in [2.24, 2.45) is 0 Å². The molecule has 0 aliphatic carbocycles. The van der Waals surface area contributed by atoms with E-state index in [1.807, 2.05) is 18.2 Å². The van der Waals surface area contributed by atoms with Crippen molar-refractivity contribution in [3.63, 3.8) is 0 Å². The van der Waals surface area contributed by atoms with E-state index in [9.17, 15) is 0 Å². The van der Waals surface area contributed by atoms with E-state index in [1.54, 1.807) is 0 Å². The molecule has 6 heteroatoms. The molecule has 0 spiro atoms. The fraction of sp³-hybridized carbons (Fsp3) is 0.314. The number of hydrogen-bond donors (Lipinski definition) is 0. The Kier molecular flexibility index (Phi) is 7.27. The second kappa shape index (κ2) is 10.9. The van der Waals surface area contributed by atoms with E-state index in [0.717, 1.165) is 52.3 Å². The second-order valence-corrected chi connectivity index (χ2v) is 12.0. The van der Waals surface area contributed by atoms with Crippen molar-refractivity contribution in [3.05, 3.63) is 106 Å². The molecule has 0 N–H and O–H groups in total. The number of aryl methyl sites for hydroxylation is 5. The minimum atomic E-state index is -0.443. The number of benzene rings is 4. The molecular formula is C35H38B2O4. The van der Waals surface area contributed by atoms with Gasteiger partial charge in [-0.15, -0.1) is 0 Å². The molecule has 2 aliphatic heterocycles. The molecule has 0 bridgehead atoms. The Hall–Kier alpha value is -3.79. The lowest BCUT2D eigenvalue weighted by molar-refractivity contribution is 0.513. The minimum Gasteiger partial charge on any atom is -0.519 e. The first kappa shape index (κ1) is 27.4. The summed E-state index contributed by atoms with van der Waals surface area (Å²) in [6.45, 7) is 15.2. The predicted molar refractivity (Wildman–Crippen MR) is 169 cm³/mol. The number of para-hydroxylation sites is 2. The summed E-state index contributed by atoms with van der Waals surface area (Å²) in [5.41, 5.74) is 10.7. The Labute approximate surface area is 245 Å². The molecule has 1 atom stereocenters. The van der Waals surface area contributed by atoms with Crippen molar-refractivity contribution >= 4 is 25.2 Å². The third-order valence-corrected chi connectivity index (χ3v) is 8.54. The van der Waals surface area contributed by atoms with Crippen molar-refractivity contribution in [2.75, 3.05) is 0 Å². The van der Waals surface area contributed by atoms with Gasteiger partial charge in [-0.1, -0.05) is 80.9 Å². The summed E-state index contributed by atoms with van der Waals surface area (Å²) in [6, 6.07) is 23.4. The van der Waals surface area contributed by atoms with E-state index in [-0.39, 0.29) is 5.92 Å². The van der Waals surface area contributed by atoms with Crippen LogP contribution < -0.4 is 29.5 Å². The van der Waals surface area contributed by atoms with Crippen molar-refractivity contribution in [1.82, 2.24) is 0 Å². The smallest absolute Gasteiger partial charge is 0.519 e. The molecule has 2 aliphatic rings. The molecule has 0 saturated heterocycles. The van der Waals surface area contributed by atoms with Crippen LogP contribution in [-0.2, 0) is 6.42 Å². The summed E-state index contributed by atoms with van der Waals surface area (Å²) < 4.78 is 25.7. The van der Waals surface area contributed by atoms with Gasteiger partial charge in [-0.3, -0.25) is 0 Å². The highest BCUT2D eigenvalue weighted by Crippen LogP contribution is 2.40. The Morgan fingerprint density at radius 1 is 0.610 bits per heavy atom. The molecule has 0 amide bonds. The summed E-state index contributed by atoms with van der Waals surface area (Å²) in [6.07, 6.45) is 1.84. The first-order chi connectivity index (χ1) is 19.7. The van der Waals surface area contributed by atoms with Gasteiger partial charge in [0.25, 0.3) is 0 Å². The summed E-state index contributed by atoms with van der Waals surface area (Å²) in [5.74, 6) is 3.99. The largest absolute Gasteiger partial charge is 0.633 e. The lowest BCUT2D eigenvalue weighted by Gasteiger charge is -2.22. The van der Waals surface area contributed by atoms with Crippen molar-refractivity contribution in [3.8, 4) is 23.0 Å². The average molecular weight is 544 g/mol. The lowest BCUT2D eigenvalue weighted by Crippen LogP contribution is -2.44. The first-order valence-corrected chi connectivity index (χ1v) is 14.8. The zero-order valence-electron chi connectivity index (χ0n) is 25.2. The fourth-order valence-corrected chi connectivity index (χ4v) is 6.48. The lowest BCUT2D eigenvalue weighted by atomic mass is 9.68. The van der Waals surface area contributed by atoms with Gasteiger partial charge in [0.15, 0.2) is 0 Å². The molecule has 0 fully saturated rings. The molecule has 4 aromatic rings. The molecular weight excluding hydrogens is 506 g/mol. The summed E-state index contributed by atoms with van der Waals surface area (Å²) >= 11 is 0. The van der Waals surface area contributed by atoms with E-state index in [0.29, 0.717) is 5.92 Å². The monoisotopic (exact) mass is 544 g/mol. The van der Waals surface area contributed by atoms with E-state index in [1.165, 1.54) is 33.4 Å². The van der Waals surface area contributed by atoms with E-state index < -0.39 is 14.2 Å². The van der Waals surface area contributed by atoms with Crippen LogP contribution in [0.4, 0.5) is 0 Å². The van der Waals surface area contributed by atoms with Crippen molar-refractivity contribution in [1.29, 1.82) is 0 Å². The molecule has 0 radical (unpaired) electrons. The number of rotatable bonds is 7. The Bertz CT molecular complexity index is 1590. The van der Waals surface area contributed by atoms with Gasteiger partial charge in [-0.25, -0.2) is 0 Å². The maximum atomic E-state index is 6.50. The zero-order chi connectivity index (χ0) is 28.8. The van der Waals surface area contributed by atoms with Crippen molar-refractivity contribution in [2.45, 2.75) is 73.1 Å². The van der Waals surface area contributed by atoms with Crippen LogP contribution in [0.25, 0.3) is 0 Å². The molecule has 0 aromatic heterocycles. The van der Waals surface area contributed by atoms with Gasteiger partial charge in [-0.05, 0) is 97.9 Å². The van der Waals surface area contributed by atoms with E-state index in [4.69, 9.17) is 18.6 Å². The minimum absolute atomic E-state index is 0.288. The van der Waals surface area contributed by atoms with Crippen LogP contribution in [0.2, 0.25) is 0 Å². The topological polar surface area (TPSA) is 36.9 Å². The van der Waals surface area contributed by atoms with Crippen molar-refractivity contribution < 1.29 is 18.6 Å². The normalized spacial score (nSPS) is 14.2. The molecule has 208 valence electrons. The van der Waals surface area contributed by atoms with Crippen LogP contribution in [0.1, 0.15) is 78.0 Å². The second-order valence-electron chi connectivity index (χ2n) is 12.0. The molecule has 41 heavy (non-hydrogen) atoms. The van der Waals surface area contributed by atoms with Gasteiger partial charge in [0.05, 0.1) is 0 Å². The van der Waals surface area contributed by atoms with Crippen LogP contribution in [0.5, 0.6) is 23.0 Å². The van der Waals surface area contributed by atoms with Crippen LogP contribution >= 0.6 is 0 Å². The number of fused-ring (bicyclic) bond motifs is 2. The molecule has 6 rings (SSSR count). The Balaban J connectivity index is 1.24. The van der Waals surface area contributed by atoms with Crippen LogP contribution in [0.3, 0.4) is 0 Å². The SMILES string of the molecule is Cc1cc(C)c(B2Oc3cccc(CCC(C)c4cccc(C(C)C)c4B4Oc5cccc(C)c5O4)c3O2)c(C)c1. The number of hydrogen-bond acceptors (Lipinski definition) is 4. The molecule has 2 heterocycles. The molecule has 0 saturated carbocycles. The summed E-state index contributed by atoms with van der Waals surface area (Å²) in [5, 5.41) is 0. The highest BCUT2D eigenvalue weighted by Gasteiger charge is 2.40. The van der Waals surface area contributed by atoms with E-state index >= 15 is 0 Å². The highest BCUT2D eigenvalue weighted by atomic mass is 16.6. The van der Waals surface area contributed by atoms with Gasteiger partial charge >= 0.3 is 14.2 Å². The Morgan fingerprint density at radius 2 is 1.20 bits per heavy atom. The van der Waals surface area contributed by atoms with Gasteiger partial charge in [0.2, 0.25) is 0 Å². The van der Waals surface area contributed by atoms with Crippen LogP contribution in [-0.4, -0.2) is 14.2 Å². The third kappa shape index (κ3) is 5.09. The predicted octanol–water partition coefficient (Wildman–Crippen LogP) is 7.11. The fourth-order valence-electron chi connectivity index (χ4n) is 6.48. The Morgan fingerprint density at radius 3 is 1.88 bits per heavy atom. The average Bonchev–Trinajstić information content (AvgIpc) is 3.56. The zero-order valence-corrected chi connectivity index (χ0v) is 25.2. The van der Waals surface area contributed by atoms with Gasteiger partial charge in [-0.2, -0.15) is 0 Å². The maximum absolute atomic E-state index is 6.50. The molecule has 4 nitrogen and oxygen atoms in total. The standard InChI is InChI=1S/C35H38B2O4/c1-21(2)28-13-10-14-29(33(28)37-38-30-15-8-11-24(5)34(30)40-37)23(4)17-18-27-12-9-16-31-35(27)41-36(39-31)32-25(6)19-22(3)20-26(32)7/h8-16,19-21,23H,17-18H2,1-7H3. The summed E-state index contributed by atoms with van der Waals surface area (Å²) in [7, 11) is -0.859. The highest BCUT2D eigenvalue weighted by molar-refractivity contribution is 6.65. The first-order valence-electron chi connectivity index (χ1n) is 14.8. The van der Waals surface area contributed by atoms with Crippen LogP contribution in [0.15, 0.2) is 66.7 Å². The molecule has 1 unspecified atom stereocenters. The van der Waals surface area contributed by atoms with Gasteiger partial charge < -0.3 is 18.6 Å².